The van der Waals surface area contributed by atoms with E-state index in [1.54, 1.807) is 0 Å². The highest BCUT2D eigenvalue weighted by Crippen LogP contribution is 2.30. The van der Waals surface area contributed by atoms with E-state index in [-0.39, 0.29) is 12.5 Å². The van der Waals surface area contributed by atoms with E-state index in [9.17, 15) is 45.6 Å². The molecular formula is C77H143NO13. The third-order valence-corrected chi connectivity index (χ3v) is 18.8. The van der Waals surface area contributed by atoms with Gasteiger partial charge in [-0.1, -0.05) is 332 Å². The summed E-state index contributed by atoms with van der Waals surface area (Å²) in [6.07, 6.45) is 64.3. The van der Waals surface area contributed by atoms with Gasteiger partial charge in [0.1, 0.15) is 48.8 Å². The van der Waals surface area contributed by atoms with Crippen molar-refractivity contribution in [1.29, 1.82) is 0 Å². The van der Waals surface area contributed by atoms with Gasteiger partial charge in [0, 0.05) is 6.42 Å². The molecule has 0 saturated carbocycles. The van der Waals surface area contributed by atoms with Crippen molar-refractivity contribution < 1.29 is 64.6 Å². The van der Waals surface area contributed by atoms with E-state index in [1.807, 2.05) is 0 Å². The van der Waals surface area contributed by atoms with Crippen molar-refractivity contribution in [2.45, 2.75) is 415 Å². The van der Waals surface area contributed by atoms with Gasteiger partial charge in [0.25, 0.3) is 0 Å². The zero-order valence-corrected chi connectivity index (χ0v) is 58.3. The Hall–Kier alpha value is -2.05. The fraction of sp³-hybridized carbons (Fsp3) is 0.883. The molecule has 0 spiro atoms. The first-order valence-electron chi connectivity index (χ1n) is 38.4. The maximum absolute atomic E-state index is 13.4. The number of rotatable bonds is 64. The molecule has 0 aromatic heterocycles. The number of aliphatic hydroxyl groups excluding tert-OH is 8. The van der Waals surface area contributed by atoms with Crippen LogP contribution in [-0.2, 0) is 23.7 Å². The molecule has 14 heteroatoms. The van der Waals surface area contributed by atoms with Gasteiger partial charge in [0.2, 0.25) is 5.91 Å². The maximum Gasteiger partial charge on any atom is 0.220 e. The molecule has 2 heterocycles. The number of hydrogen-bond acceptors (Lipinski definition) is 13. The Labute approximate surface area is 556 Å². The van der Waals surface area contributed by atoms with Crippen LogP contribution in [0.4, 0.5) is 0 Å². The topological polar surface area (TPSA) is 228 Å². The molecule has 0 radical (unpaired) electrons. The second-order valence-electron chi connectivity index (χ2n) is 27.1. The van der Waals surface area contributed by atoms with Crippen molar-refractivity contribution in [2.75, 3.05) is 19.8 Å². The van der Waals surface area contributed by atoms with Crippen LogP contribution >= 0.6 is 0 Å². The third kappa shape index (κ3) is 45.2. The number of allylic oxidation sites excluding steroid dienone is 8. The highest BCUT2D eigenvalue weighted by atomic mass is 16.7. The van der Waals surface area contributed by atoms with Gasteiger partial charge in [-0.25, -0.2) is 0 Å². The SMILES string of the molecule is CC/C=C\C/C=C\C/C=C\C/C=C\CCCCCCCCCCCCCCCCCCCCCCCCC(=O)NC(COC1OC(CO)C(OC2OC(CO)C(O)C(O)C2O)C(O)C1O)C(O)CCCCCCCCCCCCCCCCCCCCCCCC. The number of carbonyl (C=O) groups excluding carboxylic acids is 1. The molecule has 0 aromatic carbocycles. The van der Waals surface area contributed by atoms with Crippen molar-refractivity contribution in [3.8, 4) is 0 Å². The molecule has 534 valence electrons. The molecule has 2 rings (SSSR count). The lowest BCUT2D eigenvalue weighted by Gasteiger charge is -2.46. The Morgan fingerprint density at radius 1 is 0.407 bits per heavy atom. The van der Waals surface area contributed by atoms with E-state index >= 15 is 0 Å². The molecule has 1 amide bonds. The van der Waals surface area contributed by atoms with Crippen LogP contribution in [0.3, 0.4) is 0 Å². The molecular weight excluding hydrogens is 1150 g/mol. The average molecular weight is 1290 g/mol. The smallest absolute Gasteiger partial charge is 0.220 e. The molecule has 2 aliphatic heterocycles. The van der Waals surface area contributed by atoms with Gasteiger partial charge in [-0.05, 0) is 51.4 Å². The fourth-order valence-electron chi connectivity index (χ4n) is 12.8. The summed E-state index contributed by atoms with van der Waals surface area (Å²) >= 11 is 0. The van der Waals surface area contributed by atoms with Crippen LogP contribution in [0.25, 0.3) is 0 Å². The van der Waals surface area contributed by atoms with Gasteiger partial charge in [-0.3, -0.25) is 4.79 Å². The minimum atomic E-state index is -1.78. The summed E-state index contributed by atoms with van der Waals surface area (Å²) in [6, 6.07) is -0.829. The molecule has 2 fully saturated rings. The number of unbranched alkanes of at least 4 members (excludes halogenated alkanes) is 43. The third-order valence-electron chi connectivity index (χ3n) is 18.8. The van der Waals surface area contributed by atoms with Crippen LogP contribution in [-0.4, -0.2) is 140 Å². The van der Waals surface area contributed by atoms with Gasteiger partial charge in [-0.15, -0.1) is 0 Å². The lowest BCUT2D eigenvalue weighted by atomic mass is 9.97. The summed E-state index contributed by atoms with van der Waals surface area (Å²) in [5, 5.41) is 87.8. The molecule has 14 nitrogen and oxygen atoms in total. The minimum absolute atomic E-state index is 0.200. The first-order valence-corrected chi connectivity index (χ1v) is 38.4. The van der Waals surface area contributed by atoms with E-state index in [2.05, 4.69) is 67.8 Å². The Morgan fingerprint density at radius 3 is 1.16 bits per heavy atom. The monoisotopic (exact) mass is 1290 g/mol. The molecule has 2 aliphatic rings. The first-order chi connectivity index (χ1) is 44.6. The lowest BCUT2D eigenvalue weighted by Crippen LogP contribution is -2.65. The molecule has 91 heavy (non-hydrogen) atoms. The second kappa shape index (κ2) is 61.5. The fourth-order valence-corrected chi connectivity index (χ4v) is 12.8. The Kier molecular flexibility index (Phi) is 57.5. The Balaban J connectivity index is 1.60. The van der Waals surface area contributed by atoms with Crippen molar-refractivity contribution in [3.63, 3.8) is 0 Å². The highest BCUT2D eigenvalue weighted by molar-refractivity contribution is 5.76. The van der Waals surface area contributed by atoms with E-state index in [1.165, 1.54) is 238 Å². The number of aliphatic hydroxyl groups is 8. The number of carbonyl (C=O) groups is 1. The van der Waals surface area contributed by atoms with Crippen LogP contribution in [0.5, 0.6) is 0 Å². The van der Waals surface area contributed by atoms with Crippen LogP contribution in [0.15, 0.2) is 48.6 Å². The predicted molar refractivity (Wildman–Crippen MR) is 374 cm³/mol. The van der Waals surface area contributed by atoms with Crippen molar-refractivity contribution in [3.05, 3.63) is 48.6 Å². The number of ether oxygens (including phenoxy) is 4. The summed E-state index contributed by atoms with van der Waals surface area (Å²) in [4.78, 5) is 13.4. The molecule has 0 bridgehead atoms. The van der Waals surface area contributed by atoms with Crippen molar-refractivity contribution in [2.24, 2.45) is 0 Å². The van der Waals surface area contributed by atoms with E-state index in [0.717, 1.165) is 77.0 Å². The minimum Gasteiger partial charge on any atom is -0.394 e. The highest BCUT2D eigenvalue weighted by Gasteiger charge is 2.51. The van der Waals surface area contributed by atoms with Gasteiger partial charge >= 0.3 is 0 Å². The largest absolute Gasteiger partial charge is 0.394 e. The van der Waals surface area contributed by atoms with Crippen LogP contribution in [0.2, 0.25) is 0 Å². The van der Waals surface area contributed by atoms with Crippen LogP contribution in [0.1, 0.15) is 341 Å². The zero-order chi connectivity index (χ0) is 65.9. The van der Waals surface area contributed by atoms with Gasteiger partial charge in [0.05, 0.1) is 32.0 Å². The molecule has 12 atom stereocenters. The summed E-state index contributed by atoms with van der Waals surface area (Å²) < 4.78 is 23.0. The summed E-state index contributed by atoms with van der Waals surface area (Å²) in [6.45, 7) is 2.80. The van der Waals surface area contributed by atoms with Crippen molar-refractivity contribution in [1.82, 2.24) is 5.32 Å². The Bertz CT molecular complexity index is 1710. The molecule has 2 saturated heterocycles. The van der Waals surface area contributed by atoms with Gasteiger partial charge in [-0.2, -0.15) is 0 Å². The Morgan fingerprint density at radius 2 is 0.758 bits per heavy atom. The molecule has 0 aromatic rings. The van der Waals surface area contributed by atoms with E-state index in [4.69, 9.17) is 18.9 Å². The first kappa shape index (κ1) is 85.0. The maximum atomic E-state index is 13.4. The average Bonchev–Trinajstić information content (AvgIpc) is 0.888. The summed E-state index contributed by atoms with van der Waals surface area (Å²) in [5.41, 5.74) is 0. The summed E-state index contributed by atoms with van der Waals surface area (Å²) in [7, 11) is 0. The number of amides is 1. The number of nitrogens with one attached hydrogen (secondary N) is 1. The standard InChI is InChI=1S/C77H143NO13/c1-3-5-7-9-11-13-15-17-19-21-23-25-27-28-29-30-31-32-33-34-35-36-37-38-39-41-43-45-47-49-51-53-55-57-59-61-69(82)78-65(64-88-76-74(87)72(85)75(68(63-80)90-76)91-77-73(86)71(84)70(83)67(62-79)89-77)66(81)60-58-56-54-52-50-48-46-44-42-40-26-24-22-20-18-16-14-12-10-8-6-4-2/h5,7,11,13,17,19,23,25,65-68,70-77,79-81,83-87H,3-4,6,8-10,12,14-16,18,20-22,24,26-64H2,1-2H3,(H,78,82)/b7-5-,13-11-,19-17-,25-23-. The predicted octanol–water partition coefficient (Wildman–Crippen LogP) is 16.6. The van der Waals surface area contributed by atoms with Gasteiger partial charge < -0.3 is 65.1 Å². The molecule has 9 N–H and O–H groups in total. The van der Waals surface area contributed by atoms with Gasteiger partial charge in [0.15, 0.2) is 12.6 Å². The van der Waals surface area contributed by atoms with Crippen LogP contribution in [0, 0.1) is 0 Å². The zero-order valence-electron chi connectivity index (χ0n) is 58.3. The lowest BCUT2D eigenvalue weighted by molar-refractivity contribution is -0.359. The summed E-state index contributed by atoms with van der Waals surface area (Å²) in [5.74, 6) is -0.200. The second-order valence-corrected chi connectivity index (χ2v) is 27.1. The van der Waals surface area contributed by atoms with Crippen LogP contribution < -0.4 is 5.32 Å². The van der Waals surface area contributed by atoms with E-state index < -0.39 is 86.8 Å². The van der Waals surface area contributed by atoms with Crippen molar-refractivity contribution >= 4 is 5.91 Å². The quantitative estimate of drug-likeness (QED) is 0.0204. The van der Waals surface area contributed by atoms with E-state index in [0.29, 0.717) is 12.8 Å². The normalized spacial score (nSPS) is 23.0. The molecule has 0 aliphatic carbocycles. The number of hydrogen-bond donors (Lipinski definition) is 9. The molecule has 12 unspecified atom stereocenters.